The molecule has 3 unspecified atom stereocenters. The Labute approximate surface area is 146 Å². The fraction of sp³-hybridized carbons (Fsp3) is 0.500. The van der Waals surface area contributed by atoms with Crippen LogP contribution >= 0.6 is 0 Å². The van der Waals surface area contributed by atoms with Gasteiger partial charge in [0.25, 0.3) is 0 Å². The zero-order valence-electron chi connectivity index (χ0n) is 15.2. The summed E-state index contributed by atoms with van der Waals surface area (Å²) in [5.74, 6) is 1.74. The molecule has 24 heavy (non-hydrogen) atoms. The third-order valence-corrected chi connectivity index (χ3v) is 7.09. The average molecular weight is 316 g/mol. The highest BCUT2D eigenvalue weighted by molar-refractivity contribution is 5.85. The van der Waals surface area contributed by atoms with Crippen LogP contribution in [0.25, 0.3) is 10.8 Å². The molecular weight excluding hydrogens is 288 g/mol. The molecular formula is C24H28. The van der Waals surface area contributed by atoms with Gasteiger partial charge >= 0.3 is 0 Å². The summed E-state index contributed by atoms with van der Waals surface area (Å²) in [5.41, 5.74) is 5.51. The highest BCUT2D eigenvalue weighted by Gasteiger charge is 2.49. The van der Waals surface area contributed by atoms with E-state index in [9.17, 15) is 0 Å². The Kier molecular flexibility index (Phi) is 2.92. The largest absolute Gasteiger partial charge is 0.0851 e. The van der Waals surface area contributed by atoms with E-state index in [1.165, 1.54) is 48.4 Å². The first-order valence-corrected chi connectivity index (χ1v) is 9.67. The first-order valence-electron chi connectivity index (χ1n) is 9.67. The molecule has 2 aromatic carbocycles. The summed E-state index contributed by atoms with van der Waals surface area (Å²) in [6, 6.07) is 12.1. The SMILES string of the molecule is CC(C)(C)c1ccc2cc3c(cc2c1)CCC1(C3)CC2C=CC1C2. The molecule has 5 rings (SSSR count). The minimum atomic E-state index is 0.226. The molecule has 0 radical (unpaired) electrons. The van der Waals surface area contributed by atoms with Crippen LogP contribution in [0, 0.1) is 17.3 Å². The molecule has 3 aliphatic rings. The normalized spacial score (nSPS) is 31.1. The lowest BCUT2D eigenvalue weighted by Crippen LogP contribution is -2.32. The molecule has 1 fully saturated rings. The van der Waals surface area contributed by atoms with Crippen molar-refractivity contribution in [1.82, 2.24) is 0 Å². The van der Waals surface area contributed by atoms with Crippen LogP contribution in [-0.2, 0) is 18.3 Å². The van der Waals surface area contributed by atoms with Crippen LogP contribution in [0.2, 0.25) is 0 Å². The minimum Gasteiger partial charge on any atom is -0.0851 e. The zero-order chi connectivity index (χ0) is 16.5. The maximum absolute atomic E-state index is 2.54. The van der Waals surface area contributed by atoms with Crippen LogP contribution in [0.5, 0.6) is 0 Å². The summed E-state index contributed by atoms with van der Waals surface area (Å²) in [6.45, 7) is 6.91. The molecule has 3 atom stereocenters. The molecule has 3 aliphatic carbocycles. The van der Waals surface area contributed by atoms with E-state index in [1.807, 2.05) is 0 Å². The van der Waals surface area contributed by atoms with Crippen molar-refractivity contribution in [3.05, 3.63) is 59.2 Å². The number of aryl methyl sites for hydroxylation is 1. The van der Waals surface area contributed by atoms with E-state index in [1.54, 1.807) is 11.1 Å². The van der Waals surface area contributed by atoms with Gasteiger partial charge in [0.1, 0.15) is 0 Å². The van der Waals surface area contributed by atoms with Crippen molar-refractivity contribution >= 4 is 10.8 Å². The van der Waals surface area contributed by atoms with Gasteiger partial charge in [-0.2, -0.15) is 0 Å². The van der Waals surface area contributed by atoms with Crippen molar-refractivity contribution in [3.8, 4) is 0 Å². The van der Waals surface area contributed by atoms with E-state index < -0.39 is 0 Å². The van der Waals surface area contributed by atoms with Gasteiger partial charge in [0, 0.05) is 0 Å². The lowest BCUT2D eigenvalue weighted by atomic mass is 9.64. The van der Waals surface area contributed by atoms with Gasteiger partial charge in [-0.15, -0.1) is 0 Å². The summed E-state index contributed by atoms with van der Waals surface area (Å²) in [6.07, 6.45) is 11.9. The molecule has 0 amide bonds. The van der Waals surface area contributed by atoms with Crippen molar-refractivity contribution in [2.24, 2.45) is 17.3 Å². The molecule has 2 bridgehead atoms. The van der Waals surface area contributed by atoms with Gasteiger partial charge in [0.05, 0.1) is 0 Å². The Morgan fingerprint density at radius 2 is 1.79 bits per heavy atom. The van der Waals surface area contributed by atoms with E-state index in [0.29, 0.717) is 5.41 Å². The van der Waals surface area contributed by atoms with Crippen molar-refractivity contribution in [1.29, 1.82) is 0 Å². The monoisotopic (exact) mass is 316 g/mol. The summed E-state index contributed by atoms with van der Waals surface area (Å²) in [7, 11) is 0. The second-order valence-electron chi connectivity index (χ2n) is 9.66. The number of hydrogen-bond acceptors (Lipinski definition) is 0. The Hall–Kier alpha value is -1.56. The number of rotatable bonds is 0. The Balaban J connectivity index is 1.56. The minimum absolute atomic E-state index is 0.226. The fourth-order valence-corrected chi connectivity index (χ4v) is 5.65. The molecule has 1 saturated carbocycles. The van der Waals surface area contributed by atoms with Crippen molar-refractivity contribution in [3.63, 3.8) is 0 Å². The lowest BCUT2D eigenvalue weighted by molar-refractivity contribution is 0.195. The maximum Gasteiger partial charge on any atom is -0.0132 e. The summed E-state index contributed by atoms with van der Waals surface area (Å²) >= 11 is 0. The van der Waals surface area contributed by atoms with Gasteiger partial charge in [0.2, 0.25) is 0 Å². The molecule has 124 valence electrons. The molecule has 0 aliphatic heterocycles. The molecule has 0 heteroatoms. The third-order valence-electron chi connectivity index (χ3n) is 7.09. The Morgan fingerprint density at radius 3 is 2.50 bits per heavy atom. The third kappa shape index (κ3) is 2.11. The molecule has 0 N–H and O–H groups in total. The quantitative estimate of drug-likeness (QED) is 0.507. The molecule has 0 saturated heterocycles. The smallest absolute Gasteiger partial charge is 0.0132 e. The highest BCUT2D eigenvalue weighted by atomic mass is 14.5. The fourth-order valence-electron chi connectivity index (χ4n) is 5.65. The molecule has 0 aromatic heterocycles. The zero-order valence-corrected chi connectivity index (χ0v) is 15.2. The Bertz CT molecular complexity index is 848. The van der Waals surface area contributed by atoms with Crippen LogP contribution in [-0.4, -0.2) is 0 Å². The number of fused-ring (bicyclic) bond motifs is 5. The average Bonchev–Trinajstić information content (AvgIpc) is 3.12. The molecule has 0 nitrogen and oxygen atoms in total. The van der Waals surface area contributed by atoms with Gasteiger partial charge < -0.3 is 0 Å². The predicted molar refractivity (Wildman–Crippen MR) is 102 cm³/mol. The van der Waals surface area contributed by atoms with Gasteiger partial charge in [-0.25, -0.2) is 0 Å². The number of allylic oxidation sites excluding steroid dienone is 2. The summed E-state index contributed by atoms with van der Waals surface area (Å²) in [4.78, 5) is 0. The number of hydrogen-bond donors (Lipinski definition) is 0. The van der Waals surface area contributed by atoms with Crippen LogP contribution in [0.3, 0.4) is 0 Å². The van der Waals surface area contributed by atoms with Crippen molar-refractivity contribution in [2.45, 2.75) is 58.3 Å². The van der Waals surface area contributed by atoms with E-state index in [2.05, 4.69) is 63.3 Å². The first kappa shape index (κ1) is 14.8. The molecule has 0 heterocycles. The van der Waals surface area contributed by atoms with Crippen molar-refractivity contribution < 1.29 is 0 Å². The van der Waals surface area contributed by atoms with Gasteiger partial charge in [-0.3, -0.25) is 0 Å². The number of benzene rings is 2. The maximum atomic E-state index is 2.54. The van der Waals surface area contributed by atoms with Gasteiger partial charge in [-0.05, 0) is 82.2 Å². The second-order valence-corrected chi connectivity index (χ2v) is 9.66. The standard InChI is InChI=1S/C24H28/c1-23(2,3)21-7-5-17-12-20-15-24(14-16-4-6-22(24)10-16)9-8-18(20)11-19(17)13-21/h4-7,11-13,16,22H,8-10,14-15H2,1-3H3. The van der Waals surface area contributed by atoms with Gasteiger partial charge in [0.15, 0.2) is 0 Å². The van der Waals surface area contributed by atoms with E-state index in [4.69, 9.17) is 0 Å². The highest BCUT2D eigenvalue weighted by Crippen LogP contribution is 2.57. The lowest BCUT2D eigenvalue weighted by Gasteiger charge is -2.40. The van der Waals surface area contributed by atoms with Gasteiger partial charge in [-0.1, -0.05) is 63.3 Å². The van der Waals surface area contributed by atoms with Crippen LogP contribution in [0.1, 0.15) is 56.7 Å². The van der Waals surface area contributed by atoms with Crippen LogP contribution in [0.4, 0.5) is 0 Å². The first-order chi connectivity index (χ1) is 11.4. The molecule has 2 aromatic rings. The van der Waals surface area contributed by atoms with Crippen LogP contribution in [0.15, 0.2) is 42.5 Å². The summed E-state index contributed by atoms with van der Waals surface area (Å²) < 4.78 is 0. The van der Waals surface area contributed by atoms with E-state index in [-0.39, 0.29) is 5.41 Å². The van der Waals surface area contributed by atoms with E-state index >= 15 is 0 Å². The topological polar surface area (TPSA) is 0 Å². The van der Waals surface area contributed by atoms with Crippen LogP contribution < -0.4 is 0 Å². The van der Waals surface area contributed by atoms with Crippen molar-refractivity contribution in [2.75, 3.05) is 0 Å². The van der Waals surface area contributed by atoms with E-state index in [0.717, 1.165) is 11.8 Å². The Morgan fingerprint density at radius 1 is 0.958 bits per heavy atom. The predicted octanol–water partition coefficient (Wildman–Crippen LogP) is 6.21. The summed E-state index contributed by atoms with van der Waals surface area (Å²) in [5, 5.41) is 2.86. The molecule has 1 spiro atoms. The second kappa shape index (κ2) is 4.75.